The molecule has 2 N–H and O–H groups in total. The van der Waals surface area contributed by atoms with E-state index in [4.69, 9.17) is 14.6 Å². The molecule has 6 nitrogen and oxygen atoms in total. The summed E-state index contributed by atoms with van der Waals surface area (Å²) >= 11 is 0. The summed E-state index contributed by atoms with van der Waals surface area (Å²) in [4.78, 5) is 0.143. The van der Waals surface area contributed by atoms with E-state index in [1.54, 1.807) is 12.1 Å². The molecule has 0 aliphatic carbocycles. The number of aliphatic hydroxyl groups is 1. The first kappa shape index (κ1) is 14.9. The van der Waals surface area contributed by atoms with E-state index in [2.05, 4.69) is 4.72 Å². The number of benzene rings is 1. The lowest BCUT2D eigenvalue weighted by atomic mass is 10.3. The topological polar surface area (TPSA) is 84.9 Å². The summed E-state index contributed by atoms with van der Waals surface area (Å²) in [6, 6.07) is 6.20. The predicted molar refractivity (Wildman–Crippen MR) is 66.1 cm³/mol. The van der Waals surface area contributed by atoms with Gasteiger partial charge in [0.25, 0.3) is 0 Å². The van der Waals surface area contributed by atoms with E-state index in [-0.39, 0.29) is 31.3 Å². The number of hydrogen-bond acceptors (Lipinski definition) is 5. The van der Waals surface area contributed by atoms with Crippen LogP contribution < -0.4 is 9.46 Å². The number of ether oxygens (including phenoxy) is 2. The number of hydrogen-bond donors (Lipinski definition) is 2. The van der Waals surface area contributed by atoms with Gasteiger partial charge >= 0.3 is 0 Å². The zero-order valence-corrected chi connectivity index (χ0v) is 10.9. The van der Waals surface area contributed by atoms with Crippen molar-refractivity contribution in [3.05, 3.63) is 24.3 Å². The third-order valence-electron chi connectivity index (χ3n) is 2.13. The highest BCUT2D eigenvalue weighted by Gasteiger charge is 2.13. The van der Waals surface area contributed by atoms with Gasteiger partial charge in [-0.2, -0.15) is 0 Å². The lowest BCUT2D eigenvalue weighted by molar-refractivity contribution is 0.0961. The molecule has 0 saturated heterocycles. The van der Waals surface area contributed by atoms with Crippen LogP contribution in [-0.2, 0) is 14.8 Å². The molecule has 0 bridgehead atoms. The number of nitrogens with one attached hydrogen (secondary N) is 1. The molecule has 1 rings (SSSR count). The van der Waals surface area contributed by atoms with Crippen LogP contribution in [0.4, 0.5) is 0 Å². The molecular formula is C11H17NO5S. The van der Waals surface area contributed by atoms with Crippen LogP contribution in [0.25, 0.3) is 0 Å². The van der Waals surface area contributed by atoms with E-state index in [1.807, 2.05) is 0 Å². The Balaban J connectivity index is 2.57. The minimum atomic E-state index is -3.55. The van der Waals surface area contributed by atoms with Crippen LogP contribution in [0.15, 0.2) is 29.2 Å². The first-order valence-corrected chi connectivity index (χ1v) is 6.91. The first-order valence-electron chi connectivity index (χ1n) is 5.42. The lowest BCUT2D eigenvalue weighted by Gasteiger charge is -2.08. The second-order valence-electron chi connectivity index (χ2n) is 3.41. The van der Waals surface area contributed by atoms with Crippen LogP contribution in [0, 0.1) is 0 Å². The molecule has 0 atom stereocenters. The van der Waals surface area contributed by atoms with E-state index in [9.17, 15) is 8.42 Å². The molecule has 7 heteroatoms. The van der Waals surface area contributed by atoms with E-state index < -0.39 is 10.0 Å². The minimum absolute atomic E-state index is 0.0807. The van der Waals surface area contributed by atoms with Crippen LogP contribution in [0.2, 0.25) is 0 Å². The maximum Gasteiger partial charge on any atom is 0.240 e. The highest BCUT2D eigenvalue weighted by atomic mass is 32.2. The molecule has 0 aromatic heterocycles. The summed E-state index contributed by atoms with van der Waals surface area (Å²) in [5.41, 5.74) is 0. The Kier molecular flexibility index (Phi) is 6.06. The Bertz CT molecular complexity index is 460. The quantitative estimate of drug-likeness (QED) is 0.651. The van der Waals surface area contributed by atoms with Crippen molar-refractivity contribution in [3.63, 3.8) is 0 Å². The standard InChI is InChI=1S/C11H17NO5S/c1-16-10-3-2-4-11(9-10)18(14,15)12-5-7-17-8-6-13/h2-4,9,12-13H,5-8H2,1H3. The van der Waals surface area contributed by atoms with Gasteiger partial charge in [0.05, 0.1) is 31.8 Å². The van der Waals surface area contributed by atoms with Crippen molar-refractivity contribution in [3.8, 4) is 5.75 Å². The molecule has 0 amide bonds. The molecule has 0 heterocycles. The molecule has 0 aliphatic heterocycles. The summed E-state index contributed by atoms with van der Waals surface area (Å²) in [6.07, 6.45) is 0. The first-order chi connectivity index (χ1) is 8.60. The van der Waals surface area contributed by atoms with Gasteiger partial charge in [-0.05, 0) is 12.1 Å². The Morgan fingerprint density at radius 3 is 2.78 bits per heavy atom. The zero-order valence-electron chi connectivity index (χ0n) is 10.1. The molecule has 1 aromatic carbocycles. The van der Waals surface area contributed by atoms with E-state index >= 15 is 0 Å². The van der Waals surface area contributed by atoms with Gasteiger partial charge in [-0.15, -0.1) is 0 Å². The number of aliphatic hydroxyl groups excluding tert-OH is 1. The van der Waals surface area contributed by atoms with Crippen molar-refractivity contribution in [2.75, 3.05) is 33.5 Å². The SMILES string of the molecule is COc1cccc(S(=O)(=O)NCCOCCO)c1. The van der Waals surface area contributed by atoms with Gasteiger partial charge in [0.2, 0.25) is 10.0 Å². The van der Waals surface area contributed by atoms with Crippen molar-refractivity contribution in [1.29, 1.82) is 0 Å². The van der Waals surface area contributed by atoms with Gasteiger partial charge in [-0.25, -0.2) is 13.1 Å². The van der Waals surface area contributed by atoms with Gasteiger partial charge in [0, 0.05) is 12.6 Å². The summed E-state index contributed by atoms with van der Waals surface area (Å²) < 4.78 is 36.0. The van der Waals surface area contributed by atoms with Gasteiger partial charge in [0.15, 0.2) is 0 Å². The normalized spacial score (nSPS) is 11.4. The molecule has 0 unspecified atom stereocenters. The van der Waals surface area contributed by atoms with Crippen molar-refractivity contribution >= 4 is 10.0 Å². The van der Waals surface area contributed by atoms with Crippen LogP contribution >= 0.6 is 0 Å². The minimum Gasteiger partial charge on any atom is -0.497 e. The lowest BCUT2D eigenvalue weighted by Crippen LogP contribution is -2.27. The molecule has 102 valence electrons. The summed E-state index contributed by atoms with van der Waals surface area (Å²) in [6.45, 7) is 0.479. The number of sulfonamides is 1. The fourth-order valence-electron chi connectivity index (χ4n) is 1.27. The van der Waals surface area contributed by atoms with Crippen LogP contribution in [0.3, 0.4) is 0 Å². The maximum atomic E-state index is 11.9. The second-order valence-corrected chi connectivity index (χ2v) is 5.18. The van der Waals surface area contributed by atoms with Gasteiger partial charge in [-0.3, -0.25) is 0 Å². The summed E-state index contributed by atoms with van der Waals surface area (Å²) in [7, 11) is -2.08. The Morgan fingerprint density at radius 2 is 2.11 bits per heavy atom. The van der Waals surface area contributed by atoms with Gasteiger partial charge in [0.1, 0.15) is 5.75 Å². The molecule has 0 radical (unpaired) electrons. The Morgan fingerprint density at radius 1 is 1.33 bits per heavy atom. The average Bonchev–Trinajstić information content (AvgIpc) is 2.38. The van der Waals surface area contributed by atoms with Crippen molar-refractivity contribution in [1.82, 2.24) is 4.72 Å². The van der Waals surface area contributed by atoms with Crippen molar-refractivity contribution in [2.24, 2.45) is 0 Å². The molecule has 0 saturated carbocycles. The van der Waals surface area contributed by atoms with Crippen LogP contribution in [0.1, 0.15) is 0 Å². The predicted octanol–water partition coefficient (Wildman–Crippen LogP) is -0.0176. The summed E-state index contributed by atoms with van der Waals surface area (Å²) in [5, 5.41) is 8.48. The average molecular weight is 275 g/mol. The third-order valence-corrected chi connectivity index (χ3v) is 3.58. The third kappa shape index (κ3) is 4.61. The van der Waals surface area contributed by atoms with Crippen molar-refractivity contribution in [2.45, 2.75) is 4.90 Å². The molecular weight excluding hydrogens is 258 g/mol. The smallest absolute Gasteiger partial charge is 0.240 e. The monoisotopic (exact) mass is 275 g/mol. The maximum absolute atomic E-state index is 11.9. The highest BCUT2D eigenvalue weighted by molar-refractivity contribution is 7.89. The number of methoxy groups -OCH3 is 1. The fourth-order valence-corrected chi connectivity index (χ4v) is 2.31. The van der Waals surface area contributed by atoms with E-state index in [0.717, 1.165) is 0 Å². The van der Waals surface area contributed by atoms with Crippen molar-refractivity contribution < 1.29 is 23.0 Å². The zero-order chi connectivity index (χ0) is 13.4. The van der Waals surface area contributed by atoms with E-state index in [1.165, 1.54) is 19.2 Å². The number of rotatable bonds is 8. The van der Waals surface area contributed by atoms with Crippen LogP contribution in [-0.4, -0.2) is 47.0 Å². The van der Waals surface area contributed by atoms with E-state index in [0.29, 0.717) is 5.75 Å². The van der Waals surface area contributed by atoms with Gasteiger partial charge in [-0.1, -0.05) is 6.07 Å². The largest absolute Gasteiger partial charge is 0.497 e. The van der Waals surface area contributed by atoms with Gasteiger partial charge < -0.3 is 14.6 Å². The Hall–Kier alpha value is -1.15. The molecule has 0 aliphatic rings. The molecule has 0 fully saturated rings. The van der Waals surface area contributed by atoms with Crippen LogP contribution in [0.5, 0.6) is 5.75 Å². The highest BCUT2D eigenvalue weighted by Crippen LogP contribution is 2.16. The Labute approximate surface area is 107 Å². The summed E-state index contributed by atoms with van der Waals surface area (Å²) in [5.74, 6) is 0.481. The fraction of sp³-hybridized carbons (Fsp3) is 0.455. The molecule has 18 heavy (non-hydrogen) atoms. The molecule has 0 spiro atoms. The second kappa shape index (κ2) is 7.32. The molecule has 1 aromatic rings.